The normalized spacial score (nSPS) is 11.4. The maximum atomic E-state index is 10.6. The van der Waals surface area contributed by atoms with Crippen LogP contribution in [0, 0.1) is 15.5 Å². The van der Waals surface area contributed by atoms with Crippen LogP contribution in [-0.4, -0.2) is 11.5 Å². The predicted molar refractivity (Wildman–Crippen MR) is 62.2 cm³/mol. The predicted octanol–water partition coefficient (Wildman–Crippen LogP) is 3.16. The first-order valence-electron chi connectivity index (χ1n) is 5.19. The van der Waals surface area contributed by atoms with Gasteiger partial charge in [0, 0.05) is 12.1 Å². The highest BCUT2D eigenvalue weighted by atomic mass is 16.6. The highest BCUT2D eigenvalue weighted by molar-refractivity contribution is 5.33. The molecule has 0 atom stereocenters. The van der Waals surface area contributed by atoms with Gasteiger partial charge in [-0.15, -0.1) is 0 Å². The summed E-state index contributed by atoms with van der Waals surface area (Å²) < 4.78 is 5.50. The van der Waals surface area contributed by atoms with Crippen LogP contribution < -0.4 is 0 Å². The Hall–Kier alpha value is -1.42. The van der Waals surface area contributed by atoms with E-state index in [4.69, 9.17) is 4.74 Å². The zero-order valence-corrected chi connectivity index (χ0v) is 9.90. The number of nitro benzene ring substituents is 1. The van der Waals surface area contributed by atoms with Crippen molar-refractivity contribution in [2.75, 3.05) is 6.61 Å². The van der Waals surface area contributed by atoms with E-state index in [2.05, 4.69) is 20.8 Å². The first-order valence-corrected chi connectivity index (χ1v) is 5.19. The Morgan fingerprint density at radius 1 is 1.38 bits per heavy atom. The fourth-order valence-electron chi connectivity index (χ4n) is 1.23. The molecule has 0 bridgehead atoms. The van der Waals surface area contributed by atoms with E-state index < -0.39 is 4.92 Å². The Balaban J connectivity index is 2.55. The summed E-state index contributed by atoms with van der Waals surface area (Å²) in [5.41, 5.74) is 1.05. The van der Waals surface area contributed by atoms with Crippen LogP contribution in [-0.2, 0) is 11.3 Å². The minimum atomic E-state index is -0.396. The molecule has 0 fully saturated rings. The van der Waals surface area contributed by atoms with E-state index in [1.54, 1.807) is 12.1 Å². The van der Waals surface area contributed by atoms with E-state index in [0.717, 1.165) is 5.56 Å². The molecule has 0 heterocycles. The van der Waals surface area contributed by atoms with Gasteiger partial charge in [-0.1, -0.05) is 32.9 Å². The van der Waals surface area contributed by atoms with Crippen molar-refractivity contribution in [2.45, 2.75) is 27.4 Å². The van der Waals surface area contributed by atoms with Gasteiger partial charge in [0.1, 0.15) is 0 Å². The zero-order chi connectivity index (χ0) is 12.2. The lowest BCUT2D eigenvalue weighted by atomic mass is 9.99. The fourth-order valence-corrected chi connectivity index (χ4v) is 1.23. The smallest absolute Gasteiger partial charge is 0.269 e. The van der Waals surface area contributed by atoms with Crippen molar-refractivity contribution in [3.63, 3.8) is 0 Å². The Morgan fingerprint density at radius 3 is 2.62 bits per heavy atom. The maximum Gasteiger partial charge on any atom is 0.269 e. The number of nitrogens with zero attached hydrogens (tertiary/aromatic N) is 1. The molecule has 0 spiro atoms. The van der Waals surface area contributed by atoms with Crippen LogP contribution in [0.25, 0.3) is 0 Å². The van der Waals surface area contributed by atoms with Crippen molar-refractivity contribution >= 4 is 5.69 Å². The van der Waals surface area contributed by atoms with E-state index in [0.29, 0.717) is 13.2 Å². The van der Waals surface area contributed by atoms with Gasteiger partial charge >= 0.3 is 0 Å². The van der Waals surface area contributed by atoms with Gasteiger partial charge in [0.2, 0.25) is 0 Å². The summed E-state index contributed by atoms with van der Waals surface area (Å²) >= 11 is 0. The lowest BCUT2D eigenvalue weighted by Gasteiger charge is -2.17. The van der Waals surface area contributed by atoms with Crippen LogP contribution >= 0.6 is 0 Å². The minimum absolute atomic E-state index is 0.108. The lowest BCUT2D eigenvalue weighted by molar-refractivity contribution is -0.384. The zero-order valence-electron chi connectivity index (χ0n) is 9.90. The highest BCUT2D eigenvalue weighted by Crippen LogP contribution is 2.16. The number of benzene rings is 1. The lowest BCUT2D eigenvalue weighted by Crippen LogP contribution is -2.14. The van der Waals surface area contributed by atoms with Gasteiger partial charge in [-0.25, -0.2) is 0 Å². The molecule has 16 heavy (non-hydrogen) atoms. The number of hydrogen-bond donors (Lipinski definition) is 0. The van der Waals surface area contributed by atoms with Crippen molar-refractivity contribution in [1.29, 1.82) is 0 Å². The molecule has 0 amide bonds. The number of nitro groups is 1. The topological polar surface area (TPSA) is 52.4 Å². The average Bonchev–Trinajstić information content (AvgIpc) is 2.16. The Morgan fingerprint density at radius 2 is 2.06 bits per heavy atom. The Labute approximate surface area is 95.4 Å². The second-order valence-electron chi connectivity index (χ2n) is 4.98. The summed E-state index contributed by atoms with van der Waals surface area (Å²) in [6.45, 7) is 7.30. The molecule has 0 aliphatic heterocycles. The van der Waals surface area contributed by atoms with Crippen molar-refractivity contribution in [2.24, 2.45) is 5.41 Å². The first-order chi connectivity index (χ1) is 7.38. The second kappa shape index (κ2) is 5.07. The van der Waals surface area contributed by atoms with Gasteiger partial charge in [-0.3, -0.25) is 10.1 Å². The first kappa shape index (κ1) is 12.6. The average molecular weight is 223 g/mol. The molecule has 1 rings (SSSR count). The standard InChI is InChI=1S/C12H17NO3/c1-12(2,3)9-16-8-10-5-4-6-11(7-10)13(14)15/h4-7H,8-9H2,1-3H3. The summed E-state index contributed by atoms with van der Waals surface area (Å²) in [6, 6.07) is 6.53. The molecule has 0 saturated heterocycles. The van der Waals surface area contributed by atoms with E-state index in [1.807, 2.05) is 6.07 Å². The summed E-state index contributed by atoms with van der Waals surface area (Å²) in [6.07, 6.45) is 0. The maximum absolute atomic E-state index is 10.6. The van der Waals surface area contributed by atoms with Gasteiger partial charge in [0.15, 0.2) is 0 Å². The molecule has 0 saturated carbocycles. The van der Waals surface area contributed by atoms with Crippen LogP contribution in [0.2, 0.25) is 0 Å². The molecule has 4 heteroatoms. The third kappa shape index (κ3) is 4.40. The van der Waals surface area contributed by atoms with Crippen LogP contribution in [0.15, 0.2) is 24.3 Å². The molecular formula is C12H17NO3. The Kier molecular flexibility index (Phi) is 4.01. The van der Waals surface area contributed by atoms with Gasteiger partial charge < -0.3 is 4.74 Å². The van der Waals surface area contributed by atoms with Crippen molar-refractivity contribution < 1.29 is 9.66 Å². The SMILES string of the molecule is CC(C)(C)COCc1cccc([N+](=O)[O-])c1. The molecule has 0 N–H and O–H groups in total. The molecule has 1 aromatic rings. The van der Waals surface area contributed by atoms with Gasteiger partial charge in [-0.2, -0.15) is 0 Å². The van der Waals surface area contributed by atoms with Crippen LogP contribution in [0.4, 0.5) is 5.69 Å². The molecule has 0 aromatic heterocycles. The van der Waals surface area contributed by atoms with Gasteiger partial charge in [0.25, 0.3) is 5.69 Å². The quantitative estimate of drug-likeness (QED) is 0.582. The molecule has 0 unspecified atom stereocenters. The third-order valence-electron chi connectivity index (χ3n) is 1.93. The van der Waals surface area contributed by atoms with E-state index in [-0.39, 0.29) is 11.1 Å². The summed E-state index contributed by atoms with van der Waals surface area (Å²) in [5, 5.41) is 10.6. The van der Waals surface area contributed by atoms with Gasteiger partial charge in [0.05, 0.1) is 18.1 Å². The van der Waals surface area contributed by atoms with Crippen LogP contribution in [0.5, 0.6) is 0 Å². The highest BCUT2D eigenvalue weighted by Gasteiger charge is 2.11. The van der Waals surface area contributed by atoms with Crippen LogP contribution in [0.3, 0.4) is 0 Å². The molecular weight excluding hydrogens is 206 g/mol. The van der Waals surface area contributed by atoms with E-state index >= 15 is 0 Å². The molecule has 4 nitrogen and oxygen atoms in total. The number of ether oxygens (including phenoxy) is 1. The van der Waals surface area contributed by atoms with E-state index in [1.165, 1.54) is 6.07 Å². The Bertz CT molecular complexity index is 369. The van der Waals surface area contributed by atoms with Crippen molar-refractivity contribution in [3.8, 4) is 0 Å². The minimum Gasteiger partial charge on any atom is -0.376 e. The summed E-state index contributed by atoms with van der Waals surface area (Å²) in [5.74, 6) is 0. The van der Waals surface area contributed by atoms with Crippen LogP contribution in [0.1, 0.15) is 26.3 Å². The van der Waals surface area contributed by atoms with Gasteiger partial charge in [-0.05, 0) is 11.0 Å². The monoisotopic (exact) mass is 223 g/mol. The molecule has 0 aliphatic carbocycles. The molecule has 88 valence electrons. The van der Waals surface area contributed by atoms with E-state index in [9.17, 15) is 10.1 Å². The van der Waals surface area contributed by atoms with Crippen molar-refractivity contribution in [1.82, 2.24) is 0 Å². The molecule has 0 radical (unpaired) electrons. The fraction of sp³-hybridized carbons (Fsp3) is 0.500. The summed E-state index contributed by atoms with van der Waals surface area (Å²) in [4.78, 5) is 10.2. The summed E-state index contributed by atoms with van der Waals surface area (Å²) in [7, 11) is 0. The third-order valence-corrected chi connectivity index (χ3v) is 1.93. The number of rotatable bonds is 4. The van der Waals surface area contributed by atoms with Crippen molar-refractivity contribution in [3.05, 3.63) is 39.9 Å². The molecule has 0 aliphatic rings. The number of non-ortho nitro benzene ring substituents is 1. The second-order valence-corrected chi connectivity index (χ2v) is 4.98. The largest absolute Gasteiger partial charge is 0.376 e. The molecule has 1 aromatic carbocycles. The number of hydrogen-bond acceptors (Lipinski definition) is 3.